The van der Waals surface area contributed by atoms with Crippen molar-refractivity contribution in [2.45, 2.75) is 27.4 Å². The number of esters is 2. The van der Waals surface area contributed by atoms with Gasteiger partial charge in [-0.2, -0.15) is 0 Å². The summed E-state index contributed by atoms with van der Waals surface area (Å²) in [6.45, 7) is 2.55. The van der Waals surface area contributed by atoms with Gasteiger partial charge in [0.25, 0.3) is 5.69 Å². The van der Waals surface area contributed by atoms with E-state index in [-0.39, 0.29) is 5.69 Å². The van der Waals surface area contributed by atoms with E-state index in [2.05, 4.69) is 0 Å². The van der Waals surface area contributed by atoms with Crippen molar-refractivity contribution in [1.29, 1.82) is 0 Å². The minimum absolute atomic E-state index is 0.178. The Labute approximate surface area is 175 Å². The van der Waals surface area contributed by atoms with Crippen molar-refractivity contribution >= 4 is 29.2 Å². The van der Waals surface area contributed by atoms with Crippen LogP contribution in [0.25, 0.3) is 0 Å². The molecular formula is C20H17NO10. The lowest BCUT2D eigenvalue weighted by Crippen LogP contribution is -2.18. The zero-order chi connectivity index (χ0) is 23.5. The molecule has 0 amide bonds. The van der Waals surface area contributed by atoms with Crippen molar-refractivity contribution in [3.8, 4) is 17.2 Å². The van der Waals surface area contributed by atoms with Crippen LogP contribution in [0.3, 0.4) is 0 Å². The van der Waals surface area contributed by atoms with Crippen molar-refractivity contribution in [2.75, 3.05) is 0 Å². The number of phenolic OH excluding ortho intramolecular Hbond substituents is 2. The lowest BCUT2D eigenvalue weighted by molar-refractivity contribution is -0.384. The highest BCUT2D eigenvalue weighted by molar-refractivity contribution is 6.16. The average molecular weight is 431 g/mol. The zero-order valence-corrected chi connectivity index (χ0v) is 16.6. The number of phenols is 2. The molecule has 2 aromatic rings. The molecule has 0 atom stereocenters. The summed E-state index contributed by atoms with van der Waals surface area (Å²) in [5, 5.41) is 31.1. The number of aromatic hydroxyl groups is 2. The Morgan fingerprint density at radius 3 is 1.90 bits per heavy atom. The van der Waals surface area contributed by atoms with E-state index in [0.717, 1.165) is 20.8 Å². The molecule has 0 saturated carbocycles. The van der Waals surface area contributed by atoms with Gasteiger partial charge in [0.1, 0.15) is 6.61 Å². The number of benzene rings is 2. The number of nitro groups is 1. The summed E-state index contributed by atoms with van der Waals surface area (Å²) in [6.07, 6.45) is 0. The number of nitro benzene ring substituents is 1. The lowest BCUT2D eigenvalue weighted by Gasteiger charge is -2.18. The first-order chi connectivity index (χ1) is 14.5. The number of ketones is 2. The highest BCUT2D eigenvalue weighted by Crippen LogP contribution is 2.45. The van der Waals surface area contributed by atoms with E-state index in [1.165, 1.54) is 24.3 Å². The third-order valence-electron chi connectivity index (χ3n) is 4.07. The van der Waals surface area contributed by atoms with E-state index in [4.69, 9.17) is 9.47 Å². The van der Waals surface area contributed by atoms with Gasteiger partial charge in [-0.15, -0.1) is 0 Å². The van der Waals surface area contributed by atoms with E-state index in [1.54, 1.807) is 0 Å². The number of non-ortho nitro benzene ring substituents is 1. The van der Waals surface area contributed by atoms with Gasteiger partial charge < -0.3 is 19.7 Å². The van der Waals surface area contributed by atoms with Crippen LogP contribution in [-0.4, -0.2) is 38.6 Å². The van der Waals surface area contributed by atoms with Crippen LogP contribution in [0, 0.1) is 10.1 Å². The number of nitrogens with zero attached hydrogens (tertiary/aromatic N) is 1. The molecule has 11 nitrogen and oxygen atoms in total. The maximum atomic E-state index is 12.8. The summed E-state index contributed by atoms with van der Waals surface area (Å²) < 4.78 is 9.89. The highest BCUT2D eigenvalue weighted by atomic mass is 16.6. The topological polar surface area (TPSA) is 170 Å². The smallest absolute Gasteiger partial charge is 0.340 e. The molecule has 31 heavy (non-hydrogen) atoms. The minimum Gasteiger partial charge on any atom is -0.504 e. The van der Waals surface area contributed by atoms with Gasteiger partial charge in [0.15, 0.2) is 23.1 Å². The number of Topliss-reactive ketones (excluding diaryl/α,β-unsaturated/α-hetero) is 2. The molecule has 0 bridgehead atoms. The zero-order valence-electron chi connectivity index (χ0n) is 16.6. The summed E-state index contributed by atoms with van der Waals surface area (Å²) in [4.78, 5) is 58.5. The quantitative estimate of drug-likeness (QED) is 0.166. The first-order valence-corrected chi connectivity index (χ1v) is 8.68. The molecule has 0 fully saturated rings. The summed E-state index contributed by atoms with van der Waals surface area (Å²) in [5.74, 6) is -6.81. The van der Waals surface area contributed by atoms with Crippen LogP contribution in [0.1, 0.15) is 57.4 Å². The number of rotatable bonds is 7. The van der Waals surface area contributed by atoms with Crippen LogP contribution in [0.2, 0.25) is 0 Å². The number of carbonyl (C=O) groups excluding carboxylic acids is 4. The van der Waals surface area contributed by atoms with Gasteiger partial charge in [-0.1, -0.05) is 0 Å². The van der Waals surface area contributed by atoms with Crippen molar-refractivity contribution in [3.05, 3.63) is 56.6 Å². The van der Waals surface area contributed by atoms with Gasteiger partial charge in [0.2, 0.25) is 5.75 Å². The molecule has 0 spiro atoms. The van der Waals surface area contributed by atoms with Gasteiger partial charge in [-0.3, -0.25) is 24.5 Å². The molecule has 0 unspecified atom stereocenters. The van der Waals surface area contributed by atoms with E-state index in [0.29, 0.717) is 5.56 Å². The molecular weight excluding hydrogens is 414 g/mol. The molecule has 0 radical (unpaired) electrons. The van der Waals surface area contributed by atoms with Crippen LogP contribution in [0.15, 0.2) is 24.3 Å². The van der Waals surface area contributed by atoms with E-state index in [1.807, 2.05) is 0 Å². The Morgan fingerprint density at radius 2 is 1.45 bits per heavy atom. The normalized spacial score (nSPS) is 10.3. The number of carbonyl (C=O) groups is 4. The Balaban J connectivity index is 2.56. The summed E-state index contributed by atoms with van der Waals surface area (Å²) in [5.41, 5.74) is -1.82. The second-order valence-electron chi connectivity index (χ2n) is 6.36. The van der Waals surface area contributed by atoms with Gasteiger partial charge in [-0.05, 0) is 31.5 Å². The van der Waals surface area contributed by atoms with E-state index >= 15 is 0 Å². The molecule has 0 saturated heterocycles. The number of hydrogen-bond acceptors (Lipinski definition) is 10. The van der Waals surface area contributed by atoms with Crippen LogP contribution >= 0.6 is 0 Å². The van der Waals surface area contributed by atoms with Crippen molar-refractivity contribution in [2.24, 2.45) is 0 Å². The molecule has 11 heteroatoms. The second-order valence-corrected chi connectivity index (χ2v) is 6.36. The fraction of sp³-hybridized carbons (Fsp3) is 0.200. The second kappa shape index (κ2) is 9.03. The summed E-state index contributed by atoms with van der Waals surface area (Å²) >= 11 is 0. The molecule has 0 aliphatic carbocycles. The molecule has 2 aromatic carbocycles. The first-order valence-electron chi connectivity index (χ1n) is 8.68. The Morgan fingerprint density at radius 1 is 0.903 bits per heavy atom. The highest BCUT2D eigenvalue weighted by Gasteiger charge is 2.34. The first kappa shape index (κ1) is 23.0. The third kappa shape index (κ3) is 4.83. The monoisotopic (exact) mass is 431 g/mol. The Bertz CT molecular complexity index is 1100. The Hall–Kier alpha value is -4.28. The third-order valence-corrected chi connectivity index (χ3v) is 4.07. The maximum Gasteiger partial charge on any atom is 0.340 e. The van der Waals surface area contributed by atoms with Crippen molar-refractivity contribution < 1.29 is 43.8 Å². The summed E-state index contributed by atoms with van der Waals surface area (Å²) in [7, 11) is 0. The predicted octanol–water partition coefficient (Wildman–Crippen LogP) is 2.69. The molecule has 0 aliphatic rings. The molecule has 2 N–H and O–H groups in total. The van der Waals surface area contributed by atoms with Gasteiger partial charge >= 0.3 is 11.9 Å². The Kier molecular flexibility index (Phi) is 6.70. The van der Waals surface area contributed by atoms with Gasteiger partial charge in [0.05, 0.1) is 21.6 Å². The predicted molar refractivity (Wildman–Crippen MR) is 103 cm³/mol. The van der Waals surface area contributed by atoms with Crippen molar-refractivity contribution in [1.82, 2.24) is 0 Å². The largest absolute Gasteiger partial charge is 0.504 e. The molecule has 2 rings (SSSR count). The SMILES string of the molecule is CC(=O)Oc1c(O)c(O)c(C(C)=O)c(C(=O)OCc2ccc([N+](=O)[O-])cc2)c1C(C)=O. The van der Waals surface area contributed by atoms with Gasteiger partial charge in [-0.25, -0.2) is 4.79 Å². The molecule has 0 aliphatic heterocycles. The minimum atomic E-state index is -1.22. The fourth-order valence-electron chi connectivity index (χ4n) is 2.76. The number of ether oxygens (including phenoxy) is 2. The van der Waals surface area contributed by atoms with E-state index in [9.17, 15) is 39.5 Å². The number of hydrogen-bond donors (Lipinski definition) is 2. The van der Waals surface area contributed by atoms with Crippen molar-refractivity contribution in [3.63, 3.8) is 0 Å². The maximum absolute atomic E-state index is 12.8. The van der Waals surface area contributed by atoms with Gasteiger partial charge in [0, 0.05) is 19.1 Å². The summed E-state index contributed by atoms with van der Waals surface area (Å²) in [6, 6.07) is 5.05. The van der Waals surface area contributed by atoms with E-state index < -0.39 is 69.0 Å². The molecule has 162 valence electrons. The fourth-order valence-corrected chi connectivity index (χ4v) is 2.76. The average Bonchev–Trinajstić information content (AvgIpc) is 2.68. The van der Waals surface area contributed by atoms with Crippen LogP contribution < -0.4 is 4.74 Å². The molecule has 0 heterocycles. The van der Waals surface area contributed by atoms with Crippen LogP contribution in [-0.2, 0) is 16.1 Å². The van der Waals surface area contributed by atoms with Crippen LogP contribution in [0.4, 0.5) is 5.69 Å². The molecule has 0 aromatic heterocycles. The lowest BCUT2D eigenvalue weighted by atomic mass is 9.93. The standard InChI is InChI=1S/C20H17NO10/c1-9(22)14-16(15(10(2)23)19(31-11(3)24)18(26)17(14)25)20(27)30-8-12-4-6-13(7-5-12)21(28)29/h4-7,25-26H,8H2,1-3H3. The van der Waals surface area contributed by atoms with Crippen LogP contribution in [0.5, 0.6) is 17.2 Å².